The van der Waals surface area contributed by atoms with Gasteiger partial charge in [0.25, 0.3) is 0 Å². The summed E-state index contributed by atoms with van der Waals surface area (Å²) in [6.07, 6.45) is 1.07. The molecule has 0 radical (unpaired) electrons. The molecule has 16 heavy (non-hydrogen) atoms. The quantitative estimate of drug-likeness (QED) is 0.429. The Morgan fingerprint density at radius 2 is 1.81 bits per heavy atom. The highest BCUT2D eigenvalue weighted by Gasteiger charge is 2.54. The predicted octanol–water partition coefficient (Wildman–Crippen LogP) is 0.902. The van der Waals surface area contributed by atoms with Crippen LogP contribution in [0.15, 0.2) is 0 Å². The minimum absolute atomic E-state index is 0.100. The van der Waals surface area contributed by atoms with Gasteiger partial charge in [0.05, 0.1) is 0 Å². The van der Waals surface area contributed by atoms with Crippen molar-refractivity contribution < 1.29 is 30.5 Å². The van der Waals surface area contributed by atoms with Gasteiger partial charge in [-0.05, 0) is 0 Å². The molecule has 0 aromatic heterocycles. The lowest BCUT2D eigenvalue weighted by Gasteiger charge is -2.27. The molecule has 9 heteroatoms. The summed E-state index contributed by atoms with van der Waals surface area (Å²) in [6.45, 7) is -0.207. The number of rotatable bonds is 3. The molecule has 92 valence electrons. The molecule has 0 aromatic carbocycles. The Hall–Kier alpha value is -0.850. The van der Waals surface area contributed by atoms with Crippen LogP contribution in [0.4, 0.5) is 13.2 Å². The van der Waals surface area contributed by atoms with Gasteiger partial charge in [0.1, 0.15) is 19.2 Å². The van der Waals surface area contributed by atoms with E-state index in [2.05, 4.69) is 4.28 Å². The summed E-state index contributed by atoms with van der Waals surface area (Å²) < 4.78 is 61.3. The van der Waals surface area contributed by atoms with E-state index in [1.165, 1.54) is 0 Å². The van der Waals surface area contributed by atoms with Crippen molar-refractivity contribution in [2.45, 2.75) is 18.3 Å². The molecule has 0 atom stereocenters. The van der Waals surface area contributed by atoms with Crippen molar-refractivity contribution in [3.8, 4) is 6.07 Å². The van der Waals surface area contributed by atoms with Crippen molar-refractivity contribution in [3.05, 3.63) is 0 Å². The topological polar surface area (TPSA) is 67.2 Å². The molecule has 1 heterocycles. The third-order valence-electron chi connectivity index (χ3n) is 2.28. The Morgan fingerprint density at radius 1 is 1.31 bits per heavy atom. The van der Waals surface area contributed by atoms with E-state index in [-0.39, 0.29) is 13.1 Å². The molecule has 0 aliphatic carbocycles. The molecule has 0 unspecified atom stereocenters. The summed E-state index contributed by atoms with van der Waals surface area (Å²) in [6, 6.07) is 1.64. The molecule has 0 spiro atoms. The second-order valence-corrected chi connectivity index (χ2v) is 5.02. The summed E-state index contributed by atoms with van der Waals surface area (Å²) >= 11 is 0. The second kappa shape index (κ2) is 4.20. The third kappa shape index (κ3) is 2.63. The molecule has 0 aromatic rings. The Kier molecular flexibility index (Phi) is 3.47. The number of nitrogens with zero attached hydrogens (tertiary/aromatic N) is 2. The number of hydrogen-bond donors (Lipinski definition) is 0. The monoisotopic (exact) mass is 259 g/mol. The molecule has 1 saturated heterocycles. The Balaban J connectivity index is 2.90. The lowest BCUT2D eigenvalue weighted by atomic mass is 10.4. The van der Waals surface area contributed by atoms with Gasteiger partial charge >= 0.3 is 15.6 Å². The zero-order valence-corrected chi connectivity index (χ0v) is 9.01. The number of nitriles is 1. The zero-order chi connectivity index (χ0) is 12.4. The fourth-order valence-electron chi connectivity index (χ4n) is 1.55. The molecule has 5 nitrogen and oxygen atoms in total. The molecule has 1 rings (SSSR count). The number of halogens is 3. The summed E-state index contributed by atoms with van der Waals surface area (Å²) in [5, 5.41) is 8.47. The Bertz CT molecular complexity index is 392. The maximum absolute atomic E-state index is 12.1. The van der Waals surface area contributed by atoms with Gasteiger partial charge in [0.15, 0.2) is 6.54 Å². The Labute approximate surface area is 90.7 Å². The highest BCUT2D eigenvalue weighted by molar-refractivity contribution is 7.87. The fourth-order valence-corrected chi connectivity index (χ4v) is 2.25. The van der Waals surface area contributed by atoms with Crippen LogP contribution in [-0.4, -0.2) is 38.2 Å². The van der Waals surface area contributed by atoms with Crippen LogP contribution in [0.1, 0.15) is 12.8 Å². The van der Waals surface area contributed by atoms with Crippen molar-refractivity contribution in [1.29, 1.82) is 5.26 Å². The van der Waals surface area contributed by atoms with Gasteiger partial charge in [-0.15, -0.1) is 4.65 Å². The normalized spacial score (nSPS) is 20.6. The lowest BCUT2D eigenvalue weighted by Crippen LogP contribution is -2.49. The first-order valence-electron chi connectivity index (χ1n) is 4.48. The number of hydrogen-bond acceptors (Lipinski definition) is 4. The van der Waals surface area contributed by atoms with Crippen molar-refractivity contribution >= 4 is 10.1 Å². The zero-order valence-electron chi connectivity index (χ0n) is 8.20. The van der Waals surface area contributed by atoms with Crippen LogP contribution < -0.4 is 0 Å². The van der Waals surface area contributed by atoms with Crippen molar-refractivity contribution in [1.82, 2.24) is 0 Å². The maximum Gasteiger partial charge on any atom is 0.528 e. The smallest absolute Gasteiger partial charge is 0.192 e. The predicted molar refractivity (Wildman–Crippen MR) is 45.8 cm³/mol. The van der Waals surface area contributed by atoms with Crippen LogP contribution >= 0.6 is 0 Å². The lowest BCUT2D eigenvalue weighted by molar-refractivity contribution is -1.07. The van der Waals surface area contributed by atoms with Crippen molar-refractivity contribution in [3.63, 3.8) is 0 Å². The van der Waals surface area contributed by atoms with E-state index in [1.807, 2.05) is 0 Å². The van der Waals surface area contributed by atoms with E-state index in [4.69, 9.17) is 5.26 Å². The third-order valence-corrected chi connectivity index (χ3v) is 3.36. The summed E-state index contributed by atoms with van der Waals surface area (Å²) in [5.41, 5.74) is -5.45. The number of likely N-dealkylation sites (tertiary alicyclic amines) is 1. The number of alkyl halides is 3. The molecule has 1 aliphatic heterocycles. The molecule has 0 saturated carbocycles. The fraction of sp³-hybridized carbons (Fsp3) is 0.857. The number of hydroxylamine groups is 3. The van der Waals surface area contributed by atoms with Crippen LogP contribution in [0.2, 0.25) is 0 Å². The van der Waals surface area contributed by atoms with Crippen molar-refractivity contribution in [2.24, 2.45) is 0 Å². The highest BCUT2D eigenvalue weighted by Crippen LogP contribution is 2.30. The van der Waals surface area contributed by atoms with Gasteiger partial charge in [0.2, 0.25) is 0 Å². The first-order chi connectivity index (χ1) is 7.22. The summed E-state index contributed by atoms with van der Waals surface area (Å²) in [4.78, 5) is 0. The molecule has 0 amide bonds. The highest BCUT2D eigenvalue weighted by atomic mass is 32.2. The van der Waals surface area contributed by atoms with Gasteiger partial charge in [-0.1, -0.05) is 4.28 Å². The second-order valence-electron chi connectivity index (χ2n) is 3.50. The van der Waals surface area contributed by atoms with Gasteiger partial charge < -0.3 is 0 Å². The Morgan fingerprint density at radius 3 is 2.19 bits per heavy atom. The SMILES string of the molecule is N#CC[N+]1(OS(=O)(=O)C(F)(F)F)CCCC1. The summed E-state index contributed by atoms with van der Waals surface area (Å²) in [7, 11) is -5.64. The van der Waals surface area contributed by atoms with Crippen LogP contribution in [0.5, 0.6) is 0 Å². The van der Waals surface area contributed by atoms with E-state index in [0.29, 0.717) is 12.8 Å². The summed E-state index contributed by atoms with van der Waals surface area (Å²) in [5.74, 6) is 0. The first kappa shape index (κ1) is 13.2. The van der Waals surface area contributed by atoms with Gasteiger partial charge in [0, 0.05) is 12.8 Å². The molecule has 1 aliphatic rings. The van der Waals surface area contributed by atoms with Crippen LogP contribution in [0.3, 0.4) is 0 Å². The standard InChI is InChI=1S/C7H10F3N2O3S/c8-7(9,10)16(13,14)15-12(6-3-11)4-1-2-5-12/h1-2,4-6H2/q+1. The minimum atomic E-state index is -5.64. The van der Waals surface area contributed by atoms with E-state index in [0.717, 1.165) is 0 Å². The van der Waals surface area contributed by atoms with Crippen molar-refractivity contribution in [2.75, 3.05) is 19.6 Å². The van der Waals surface area contributed by atoms with Gasteiger partial charge in [-0.25, -0.2) is 0 Å². The van der Waals surface area contributed by atoms with E-state index < -0.39 is 26.8 Å². The molecular formula is C7H10F3N2O3S+. The van der Waals surface area contributed by atoms with E-state index in [9.17, 15) is 21.6 Å². The van der Waals surface area contributed by atoms with E-state index >= 15 is 0 Å². The molecular weight excluding hydrogens is 249 g/mol. The largest absolute Gasteiger partial charge is 0.528 e. The molecule has 0 N–H and O–H groups in total. The molecule has 0 bridgehead atoms. The van der Waals surface area contributed by atoms with Crippen LogP contribution in [-0.2, 0) is 14.4 Å². The minimum Gasteiger partial charge on any atom is -0.192 e. The van der Waals surface area contributed by atoms with Crippen LogP contribution in [0, 0.1) is 11.3 Å². The first-order valence-corrected chi connectivity index (χ1v) is 5.89. The van der Waals surface area contributed by atoms with Gasteiger partial charge in [-0.2, -0.15) is 26.9 Å². The van der Waals surface area contributed by atoms with Crippen LogP contribution in [0.25, 0.3) is 0 Å². The average Bonchev–Trinajstić information content (AvgIpc) is 2.50. The molecule has 1 fully saturated rings. The number of quaternary nitrogens is 1. The maximum atomic E-state index is 12.1. The average molecular weight is 259 g/mol. The van der Waals surface area contributed by atoms with Gasteiger partial charge in [-0.3, -0.25) is 0 Å². The van der Waals surface area contributed by atoms with E-state index in [1.54, 1.807) is 6.07 Å².